The molecule has 0 spiro atoms. The van der Waals surface area contributed by atoms with Crippen molar-refractivity contribution in [3.63, 3.8) is 0 Å². The van der Waals surface area contributed by atoms with Crippen LogP contribution in [0, 0.1) is 11.7 Å². The van der Waals surface area contributed by atoms with E-state index in [1.165, 1.54) is 12.1 Å². The molecule has 1 aliphatic carbocycles. The van der Waals surface area contributed by atoms with E-state index in [0.29, 0.717) is 21.4 Å². The minimum Gasteiger partial charge on any atom is -0.351 e. The van der Waals surface area contributed by atoms with Crippen LogP contribution in [0.2, 0.25) is 0 Å². The van der Waals surface area contributed by atoms with Gasteiger partial charge in [-0.25, -0.2) is 4.39 Å². The molecule has 34 heavy (non-hydrogen) atoms. The van der Waals surface area contributed by atoms with Crippen molar-refractivity contribution in [2.75, 3.05) is 26.7 Å². The van der Waals surface area contributed by atoms with Crippen molar-refractivity contribution in [3.8, 4) is 0 Å². The van der Waals surface area contributed by atoms with Crippen LogP contribution in [0.5, 0.6) is 0 Å². The Bertz CT molecular complexity index is 1150. The molecule has 4 atom stereocenters. The Labute approximate surface area is 202 Å². The van der Waals surface area contributed by atoms with Crippen LogP contribution in [0.1, 0.15) is 42.6 Å². The number of carbonyl (C=O) groups excluding carboxylic acids is 2. The zero-order valence-electron chi connectivity index (χ0n) is 19.3. The summed E-state index contributed by atoms with van der Waals surface area (Å²) in [6, 6.07) is 6.30. The summed E-state index contributed by atoms with van der Waals surface area (Å²) < 4.78 is 13.5. The fourth-order valence-electron chi connectivity index (χ4n) is 5.11. The highest BCUT2D eigenvalue weighted by Gasteiger charge is 2.36. The molecule has 1 amide bonds. The molecular weight excluding hydrogens is 453 g/mol. The Hall–Kier alpha value is -2.52. The monoisotopic (exact) mass is 483 g/mol. The number of H-pyrrole nitrogens is 1. The van der Waals surface area contributed by atoms with Crippen molar-refractivity contribution in [3.05, 3.63) is 35.8 Å². The molecule has 2 aliphatic heterocycles. The predicted octanol–water partition coefficient (Wildman–Crippen LogP) is 3.45. The lowest BCUT2D eigenvalue weighted by atomic mass is 9.85. The number of amides is 1. The Morgan fingerprint density at radius 3 is 3.03 bits per heavy atom. The van der Waals surface area contributed by atoms with Gasteiger partial charge in [0.15, 0.2) is 0 Å². The number of aliphatic imine (C=N–C) groups is 2. The third-order valence-corrected chi connectivity index (χ3v) is 8.33. The Kier molecular flexibility index (Phi) is 6.83. The van der Waals surface area contributed by atoms with Gasteiger partial charge in [-0.05, 0) is 57.1 Å². The Morgan fingerprint density at radius 1 is 1.29 bits per heavy atom. The summed E-state index contributed by atoms with van der Waals surface area (Å²) in [5.41, 5.74) is 1.14. The highest BCUT2D eigenvalue weighted by molar-refractivity contribution is 8.16. The minimum absolute atomic E-state index is 0.0139. The maximum atomic E-state index is 13.5. The molecule has 0 radical (unpaired) electrons. The molecule has 180 valence electrons. The lowest BCUT2D eigenvalue weighted by molar-refractivity contribution is -0.111. The number of aromatic nitrogens is 1. The van der Waals surface area contributed by atoms with Crippen LogP contribution in [0.4, 0.5) is 4.39 Å². The number of halogens is 1. The molecule has 9 heteroatoms. The van der Waals surface area contributed by atoms with Gasteiger partial charge in [0, 0.05) is 40.9 Å². The summed E-state index contributed by atoms with van der Waals surface area (Å²) in [5, 5.41) is 4.78. The van der Waals surface area contributed by atoms with Gasteiger partial charge in [0.2, 0.25) is 5.78 Å². The standard InChI is InChI=1S/C25H30FN5O2S/c1-31-9-8-20-23(14-31)34-25(30-20)22(32)13-27-12-15-4-2-3-5-18(15)29-24(33)21-11-16-10-17(26)6-7-19(16)28-21/h6-7,10-12,15,18,20,23,28H,2-5,8-9,13-14H2,1H3,(H,29,33)/t15?,18-,20?,23?/m0/s1. The zero-order valence-corrected chi connectivity index (χ0v) is 20.1. The van der Waals surface area contributed by atoms with Gasteiger partial charge >= 0.3 is 0 Å². The normalized spacial score (nSPS) is 27.6. The summed E-state index contributed by atoms with van der Waals surface area (Å²) >= 11 is 1.60. The van der Waals surface area contributed by atoms with Crippen LogP contribution in [-0.2, 0) is 4.79 Å². The van der Waals surface area contributed by atoms with Gasteiger partial charge < -0.3 is 15.2 Å². The molecule has 3 aliphatic rings. The highest BCUT2D eigenvalue weighted by atomic mass is 32.2. The van der Waals surface area contributed by atoms with Crippen molar-refractivity contribution >= 4 is 45.6 Å². The first-order chi connectivity index (χ1) is 16.5. The number of carbonyl (C=O) groups is 2. The van der Waals surface area contributed by atoms with E-state index in [2.05, 4.69) is 32.2 Å². The van der Waals surface area contributed by atoms with E-state index in [4.69, 9.17) is 0 Å². The van der Waals surface area contributed by atoms with E-state index in [1.807, 2.05) is 6.21 Å². The van der Waals surface area contributed by atoms with Gasteiger partial charge in [-0.1, -0.05) is 24.6 Å². The molecule has 1 aromatic carbocycles. The molecular formula is C25H30FN5O2S. The van der Waals surface area contributed by atoms with Crippen LogP contribution in [0.3, 0.4) is 0 Å². The van der Waals surface area contributed by atoms with Gasteiger partial charge in [0.05, 0.1) is 6.04 Å². The Morgan fingerprint density at radius 2 is 2.15 bits per heavy atom. The molecule has 3 heterocycles. The van der Waals surface area contributed by atoms with Crippen LogP contribution in [0.15, 0.2) is 34.3 Å². The van der Waals surface area contributed by atoms with Crippen molar-refractivity contribution in [2.24, 2.45) is 15.9 Å². The van der Waals surface area contributed by atoms with E-state index in [9.17, 15) is 14.0 Å². The van der Waals surface area contributed by atoms with Crippen molar-refractivity contribution in [1.29, 1.82) is 0 Å². The van der Waals surface area contributed by atoms with E-state index in [0.717, 1.165) is 50.7 Å². The number of rotatable bonds is 6. The molecule has 0 bridgehead atoms. The number of ketones is 1. The molecule has 1 aromatic heterocycles. The van der Waals surface area contributed by atoms with E-state index in [-0.39, 0.29) is 42.1 Å². The van der Waals surface area contributed by atoms with Crippen molar-refractivity contribution < 1.29 is 14.0 Å². The molecule has 2 fully saturated rings. The fourth-order valence-corrected chi connectivity index (χ4v) is 6.47. The number of hydrogen-bond acceptors (Lipinski definition) is 6. The lowest BCUT2D eigenvalue weighted by Gasteiger charge is -2.30. The number of nitrogens with zero attached hydrogens (tertiary/aromatic N) is 3. The molecule has 1 saturated carbocycles. The maximum Gasteiger partial charge on any atom is 0.267 e. The summed E-state index contributed by atoms with van der Waals surface area (Å²) in [7, 11) is 2.11. The summed E-state index contributed by atoms with van der Waals surface area (Å²) in [6.45, 7) is 2.09. The number of benzene rings is 1. The predicted molar refractivity (Wildman–Crippen MR) is 135 cm³/mol. The first-order valence-corrected chi connectivity index (χ1v) is 12.9. The lowest BCUT2D eigenvalue weighted by Crippen LogP contribution is -2.42. The molecule has 3 unspecified atom stereocenters. The summed E-state index contributed by atoms with van der Waals surface area (Å²) in [6.07, 6.45) is 6.75. The smallest absolute Gasteiger partial charge is 0.267 e. The molecule has 7 nitrogen and oxygen atoms in total. The molecule has 2 N–H and O–H groups in total. The second-order valence-electron chi connectivity index (χ2n) is 9.56. The van der Waals surface area contributed by atoms with Crippen LogP contribution >= 0.6 is 11.8 Å². The molecule has 1 saturated heterocycles. The molecule has 2 aromatic rings. The Balaban J connectivity index is 1.18. The van der Waals surface area contributed by atoms with E-state index >= 15 is 0 Å². The fraction of sp³-hybridized carbons (Fsp3) is 0.520. The number of nitrogens with one attached hydrogen (secondary N) is 2. The van der Waals surface area contributed by atoms with Crippen LogP contribution < -0.4 is 5.32 Å². The highest BCUT2D eigenvalue weighted by Crippen LogP contribution is 2.32. The number of thioether (sulfide) groups is 1. The number of aromatic amines is 1. The number of hydrogen-bond donors (Lipinski definition) is 2. The average molecular weight is 484 g/mol. The van der Waals surface area contributed by atoms with Gasteiger partial charge in [-0.3, -0.25) is 19.6 Å². The van der Waals surface area contributed by atoms with Crippen LogP contribution in [-0.4, -0.2) is 76.8 Å². The number of piperidine rings is 1. The largest absolute Gasteiger partial charge is 0.351 e. The number of fused-ring (bicyclic) bond motifs is 2. The second kappa shape index (κ2) is 10.00. The second-order valence-corrected chi connectivity index (χ2v) is 10.8. The van der Waals surface area contributed by atoms with E-state index in [1.54, 1.807) is 23.9 Å². The average Bonchev–Trinajstić information content (AvgIpc) is 3.43. The third kappa shape index (κ3) is 5.10. The van der Waals surface area contributed by atoms with Gasteiger partial charge in [0.1, 0.15) is 23.1 Å². The third-order valence-electron chi connectivity index (χ3n) is 7.01. The summed E-state index contributed by atoms with van der Waals surface area (Å²) in [5.74, 6) is -0.464. The molecule has 5 rings (SSSR count). The number of Topliss-reactive ketones (excluding diaryl/α,β-unsaturated/α-hetero) is 1. The topological polar surface area (TPSA) is 89.9 Å². The first-order valence-electron chi connectivity index (χ1n) is 12.0. The van der Waals surface area contributed by atoms with Gasteiger partial charge in [-0.2, -0.15) is 0 Å². The van der Waals surface area contributed by atoms with Crippen LogP contribution in [0.25, 0.3) is 10.9 Å². The quantitative estimate of drug-likeness (QED) is 0.616. The summed E-state index contributed by atoms with van der Waals surface area (Å²) in [4.78, 5) is 40.0. The van der Waals surface area contributed by atoms with Crippen molar-refractivity contribution in [2.45, 2.75) is 49.4 Å². The minimum atomic E-state index is -0.329. The number of likely N-dealkylation sites (tertiary alicyclic amines) is 1. The maximum absolute atomic E-state index is 13.5. The SMILES string of the molecule is CN1CCC2N=C(C(=O)CN=CC3CCCC[C@@H]3NC(=O)c3cc4cc(F)ccc4[nH]3)SC2C1. The van der Waals surface area contributed by atoms with E-state index < -0.39 is 0 Å². The first kappa shape index (κ1) is 23.2. The van der Waals surface area contributed by atoms with Crippen molar-refractivity contribution in [1.82, 2.24) is 15.2 Å². The van der Waals surface area contributed by atoms with Gasteiger partial charge in [-0.15, -0.1) is 0 Å². The van der Waals surface area contributed by atoms with Gasteiger partial charge in [0.25, 0.3) is 5.91 Å². The zero-order chi connectivity index (χ0) is 23.7.